The van der Waals surface area contributed by atoms with Crippen molar-refractivity contribution in [2.75, 3.05) is 45.5 Å². The number of carbonyl (C=O) groups is 3. The number of aromatic nitrogens is 1. The molecule has 0 bridgehead atoms. The highest BCUT2D eigenvalue weighted by Crippen LogP contribution is 2.37. The van der Waals surface area contributed by atoms with Gasteiger partial charge in [-0.3, -0.25) is 19.5 Å². The van der Waals surface area contributed by atoms with E-state index in [1.165, 1.54) is 23.5 Å². The first-order valence-corrected chi connectivity index (χ1v) is 15.5. The maximum atomic E-state index is 14.1. The molecule has 3 aliphatic heterocycles. The number of thiazole rings is 1. The summed E-state index contributed by atoms with van der Waals surface area (Å²) in [5.41, 5.74) is 0.880. The van der Waals surface area contributed by atoms with Crippen molar-refractivity contribution in [2.24, 2.45) is 10.4 Å². The SMILES string of the molecule is C#Cc1cc(F)ccc1[C@@H]1N=C(c2nccs2)NC(CN2CCN3C(=O)N(CC(C)(C)C(=O)O)C[C@@H]3C2)=C1C(=O)SC. The van der Waals surface area contributed by atoms with Crippen LogP contribution in [0.1, 0.15) is 36.0 Å². The molecule has 2 N–H and O–H groups in total. The smallest absolute Gasteiger partial charge is 0.320 e. The lowest BCUT2D eigenvalue weighted by Gasteiger charge is -2.38. The minimum Gasteiger partial charge on any atom is -0.481 e. The molecule has 0 radical (unpaired) electrons. The van der Waals surface area contributed by atoms with Gasteiger partial charge in [0, 0.05) is 62.1 Å². The second-order valence-corrected chi connectivity index (χ2v) is 12.7. The second kappa shape index (κ2) is 11.9. The van der Waals surface area contributed by atoms with Gasteiger partial charge in [-0.15, -0.1) is 17.8 Å². The van der Waals surface area contributed by atoms with Crippen LogP contribution in [0.5, 0.6) is 0 Å². The number of rotatable bonds is 8. The third kappa shape index (κ3) is 5.79. The fourth-order valence-corrected chi connectivity index (χ4v) is 6.57. The molecule has 5 rings (SSSR count). The first-order chi connectivity index (χ1) is 20.0. The van der Waals surface area contributed by atoms with Crippen molar-refractivity contribution in [1.29, 1.82) is 0 Å². The van der Waals surface area contributed by atoms with Crippen molar-refractivity contribution in [2.45, 2.75) is 25.9 Å². The maximum Gasteiger partial charge on any atom is 0.320 e. The van der Waals surface area contributed by atoms with Gasteiger partial charge in [0.05, 0.1) is 17.0 Å². The number of aliphatic imine (C=N–C) groups is 1. The van der Waals surface area contributed by atoms with E-state index in [0.29, 0.717) is 66.0 Å². The van der Waals surface area contributed by atoms with E-state index in [0.717, 1.165) is 11.8 Å². The minimum atomic E-state index is -1.06. The molecule has 3 aliphatic rings. The van der Waals surface area contributed by atoms with Crippen molar-refractivity contribution in [3.8, 4) is 12.3 Å². The molecule has 0 saturated carbocycles. The Morgan fingerprint density at radius 1 is 1.31 bits per heavy atom. The Labute approximate surface area is 251 Å². The summed E-state index contributed by atoms with van der Waals surface area (Å²) in [7, 11) is 0. The number of thioether (sulfide) groups is 1. The Morgan fingerprint density at radius 2 is 2.10 bits per heavy atom. The van der Waals surface area contributed by atoms with Crippen molar-refractivity contribution >= 4 is 46.0 Å². The van der Waals surface area contributed by atoms with Crippen LogP contribution in [0, 0.1) is 23.6 Å². The lowest BCUT2D eigenvalue weighted by atomic mass is 9.92. The molecule has 2 atom stereocenters. The lowest BCUT2D eigenvalue weighted by molar-refractivity contribution is -0.147. The summed E-state index contributed by atoms with van der Waals surface area (Å²) >= 11 is 2.46. The number of halogens is 1. The number of amides is 2. The standard InChI is InChI=1S/C29H31FN6O4S2/c1-5-17-12-18(30)6-7-20(17)23-22(26(37)41-4)21(32-24(33-23)25-31-8-11-42-25)15-34-9-10-36-19(13-34)14-35(28(36)40)16-29(2,3)27(38)39/h1,6-8,11-12,19,23H,9-10,13-16H2,2-4H3,(H,32,33)(H,38,39)/t19-,23-/m0/s1. The summed E-state index contributed by atoms with van der Waals surface area (Å²) in [4.78, 5) is 53.1. The largest absolute Gasteiger partial charge is 0.481 e. The van der Waals surface area contributed by atoms with Gasteiger partial charge in [0.25, 0.3) is 0 Å². The van der Waals surface area contributed by atoms with Crippen LogP contribution < -0.4 is 5.32 Å². The van der Waals surface area contributed by atoms with E-state index in [1.807, 2.05) is 5.38 Å². The van der Waals surface area contributed by atoms with Crippen LogP contribution in [0.15, 0.2) is 46.0 Å². The van der Waals surface area contributed by atoms with E-state index in [9.17, 15) is 23.9 Å². The first-order valence-electron chi connectivity index (χ1n) is 13.4. The highest BCUT2D eigenvalue weighted by molar-refractivity contribution is 8.13. The quantitative estimate of drug-likeness (QED) is 0.438. The average molecular weight is 611 g/mol. The average Bonchev–Trinajstić information content (AvgIpc) is 3.60. The molecule has 2 fully saturated rings. The highest BCUT2D eigenvalue weighted by atomic mass is 32.2. The fourth-order valence-electron chi connectivity index (χ4n) is 5.52. The van der Waals surface area contributed by atoms with Gasteiger partial charge in [0.2, 0.25) is 5.12 Å². The number of hydrogen-bond donors (Lipinski definition) is 2. The van der Waals surface area contributed by atoms with Gasteiger partial charge in [-0.2, -0.15) is 0 Å². The molecule has 0 spiro atoms. The predicted octanol–water partition coefficient (Wildman–Crippen LogP) is 3.03. The zero-order valence-corrected chi connectivity index (χ0v) is 25.1. The van der Waals surface area contributed by atoms with Crippen LogP contribution >= 0.6 is 23.1 Å². The molecule has 1 aromatic carbocycles. The summed E-state index contributed by atoms with van der Waals surface area (Å²) in [6.45, 7) is 5.72. The van der Waals surface area contributed by atoms with Gasteiger partial charge in [-0.05, 0) is 37.8 Å². The minimum absolute atomic E-state index is 0.118. The van der Waals surface area contributed by atoms with Gasteiger partial charge in [-0.1, -0.05) is 23.7 Å². The van der Waals surface area contributed by atoms with Gasteiger partial charge in [0.1, 0.15) is 11.9 Å². The van der Waals surface area contributed by atoms with Crippen LogP contribution in [0.25, 0.3) is 0 Å². The Hall–Kier alpha value is -3.73. The second-order valence-electron chi connectivity index (χ2n) is 11.0. The lowest BCUT2D eigenvalue weighted by Crippen LogP contribution is -2.53. The van der Waals surface area contributed by atoms with Crippen LogP contribution in [0.4, 0.5) is 9.18 Å². The summed E-state index contributed by atoms with van der Waals surface area (Å²) < 4.78 is 14.1. The van der Waals surface area contributed by atoms with Crippen molar-refractivity contribution < 1.29 is 23.9 Å². The number of carboxylic acids is 1. The first kappa shape index (κ1) is 29.8. The Balaban J connectivity index is 1.46. The zero-order chi connectivity index (χ0) is 30.2. The van der Waals surface area contributed by atoms with Gasteiger partial charge >= 0.3 is 12.0 Å². The van der Waals surface area contributed by atoms with Gasteiger partial charge in [-0.25, -0.2) is 14.2 Å². The topological polar surface area (TPSA) is 118 Å². The summed E-state index contributed by atoms with van der Waals surface area (Å²) in [6, 6.07) is 3.11. The summed E-state index contributed by atoms with van der Waals surface area (Å²) in [5.74, 6) is 1.60. The van der Waals surface area contributed by atoms with Crippen LogP contribution in [0.3, 0.4) is 0 Å². The molecule has 0 aliphatic carbocycles. The van der Waals surface area contributed by atoms with E-state index in [1.54, 1.807) is 42.2 Å². The molecule has 2 amide bonds. The number of benzene rings is 1. The van der Waals surface area contributed by atoms with Crippen molar-refractivity contribution in [1.82, 2.24) is 25.0 Å². The third-order valence-electron chi connectivity index (χ3n) is 7.69. The number of urea groups is 1. The molecule has 0 unspecified atom stereocenters. The molecule has 10 nitrogen and oxygen atoms in total. The molecule has 220 valence electrons. The van der Waals surface area contributed by atoms with E-state index < -0.39 is 23.2 Å². The van der Waals surface area contributed by atoms with E-state index in [2.05, 4.69) is 21.1 Å². The maximum absolute atomic E-state index is 14.1. The molecular weight excluding hydrogens is 579 g/mol. The predicted molar refractivity (Wildman–Crippen MR) is 160 cm³/mol. The Bertz CT molecular complexity index is 1520. The number of nitrogens with one attached hydrogen (secondary N) is 1. The van der Waals surface area contributed by atoms with Gasteiger partial charge < -0.3 is 20.2 Å². The molecule has 2 saturated heterocycles. The summed E-state index contributed by atoms with van der Waals surface area (Å²) in [6.07, 6.45) is 9.12. The molecule has 4 heterocycles. The third-order valence-corrected chi connectivity index (χ3v) is 9.06. The Morgan fingerprint density at radius 3 is 2.76 bits per heavy atom. The van der Waals surface area contributed by atoms with Crippen LogP contribution in [-0.2, 0) is 9.59 Å². The van der Waals surface area contributed by atoms with Gasteiger partial charge in [0.15, 0.2) is 10.8 Å². The normalized spacial score (nSPS) is 21.1. The molecule has 2 aromatic rings. The molecule has 42 heavy (non-hydrogen) atoms. The molecular formula is C29H31FN6O4S2. The number of carbonyl (C=O) groups excluding carboxylic acids is 2. The van der Waals surface area contributed by atoms with E-state index >= 15 is 0 Å². The number of nitrogens with zero attached hydrogens (tertiary/aromatic N) is 5. The van der Waals surface area contributed by atoms with Crippen LogP contribution in [0.2, 0.25) is 0 Å². The van der Waals surface area contributed by atoms with Crippen molar-refractivity contribution in [3.63, 3.8) is 0 Å². The number of terminal acetylenes is 1. The zero-order valence-electron chi connectivity index (χ0n) is 23.5. The number of amidine groups is 1. The highest BCUT2D eigenvalue weighted by Gasteiger charge is 2.44. The van der Waals surface area contributed by atoms with Crippen molar-refractivity contribution in [3.05, 3.63) is 63.0 Å². The Kier molecular flexibility index (Phi) is 8.41. The van der Waals surface area contributed by atoms with E-state index in [4.69, 9.17) is 11.4 Å². The number of carboxylic acid groups (broad SMARTS) is 1. The molecule has 13 heteroatoms. The molecule has 1 aromatic heterocycles. The monoisotopic (exact) mass is 610 g/mol. The number of hydrogen-bond acceptors (Lipinski definition) is 9. The number of aliphatic carboxylic acids is 1. The van der Waals surface area contributed by atoms with E-state index in [-0.39, 0.29) is 23.7 Å². The van der Waals surface area contributed by atoms with Crippen LogP contribution in [-0.4, -0.2) is 99.3 Å². The number of piperazine rings is 1. The summed E-state index contributed by atoms with van der Waals surface area (Å²) in [5, 5.41) is 15.2. The fraction of sp³-hybridized carbons (Fsp3) is 0.414. The number of fused-ring (bicyclic) bond motifs is 1.